The van der Waals surface area contributed by atoms with Crippen molar-refractivity contribution in [3.63, 3.8) is 0 Å². The number of benzene rings is 3. The average Bonchev–Trinajstić information content (AvgIpc) is 3.83. The number of fused-ring (bicyclic) bond motifs is 1. The highest BCUT2D eigenvalue weighted by atomic mass is 35.5. The summed E-state index contributed by atoms with van der Waals surface area (Å²) >= 11 is 6.65. The number of nitrogens with zero attached hydrogens (tertiary/aromatic N) is 4. The maximum absolute atomic E-state index is 15.5. The average molecular weight is 697 g/mol. The Balaban J connectivity index is 1.62. The van der Waals surface area contributed by atoms with Gasteiger partial charge in [0.2, 0.25) is 5.91 Å². The van der Waals surface area contributed by atoms with Crippen molar-refractivity contribution >= 4 is 39.1 Å². The fourth-order valence-corrected chi connectivity index (χ4v) is 9.19. The number of rotatable bonds is 10. The van der Waals surface area contributed by atoms with Crippen molar-refractivity contribution in [2.45, 2.75) is 48.7 Å². The van der Waals surface area contributed by atoms with E-state index < -0.39 is 27.5 Å². The number of hydrogen-bond acceptors (Lipinski definition) is 9. The molecular formula is C35H41ClN4O7S. The molecule has 0 spiro atoms. The topological polar surface area (TPSA) is 109 Å². The fraction of sp³-hybridized carbons (Fsp3) is 0.429. The molecule has 256 valence electrons. The molecule has 48 heavy (non-hydrogen) atoms. The Morgan fingerprint density at radius 1 is 0.896 bits per heavy atom. The molecule has 0 radical (unpaired) electrons. The largest absolute Gasteiger partial charge is 0.497 e. The lowest BCUT2D eigenvalue weighted by Crippen LogP contribution is -2.59. The predicted molar refractivity (Wildman–Crippen MR) is 182 cm³/mol. The van der Waals surface area contributed by atoms with Crippen LogP contribution in [0.15, 0.2) is 59.5 Å². The van der Waals surface area contributed by atoms with Crippen LogP contribution in [0.2, 0.25) is 5.02 Å². The fourth-order valence-electron chi connectivity index (χ4n) is 7.42. The Kier molecular flexibility index (Phi) is 9.38. The molecule has 0 N–H and O–H groups in total. The standard InChI is InChI=1S/C35H41ClN4O7S/c1-37(2)33(41)29-9-8-18-39(29)35(26-13-10-23(19-30(26)46-4)22-38-16-6-7-17-38)27-20-24(36)11-14-28(27)40(34(35)42)48(43,44)32-15-12-25(45-3)21-31(32)47-5/h10-15,19-21,29H,6-9,16-18,22H2,1-5H3/t29-,35?/m0/s1. The zero-order valence-electron chi connectivity index (χ0n) is 27.9. The van der Waals surface area contributed by atoms with Crippen LogP contribution < -0.4 is 18.5 Å². The first-order valence-corrected chi connectivity index (χ1v) is 17.8. The van der Waals surface area contributed by atoms with E-state index >= 15 is 4.79 Å². The minimum Gasteiger partial charge on any atom is -0.497 e. The van der Waals surface area contributed by atoms with Crippen LogP contribution in [-0.4, -0.2) is 96.0 Å². The summed E-state index contributed by atoms with van der Waals surface area (Å²) in [7, 11) is 3.11. The first kappa shape index (κ1) is 34.0. The van der Waals surface area contributed by atoms with Gasteiger partial charge in [-0.05, 0) is 80.7 Å². The molecule has 3 heterocycles. The maximum atomic E-state index is 15.5. The summed E-state index contributed by atoms with van der Waals surface area (Å²) in [4.78, 5) is 34.8. The second-order valence-electron chi connectivity index (χ2n) is 12.6. The zero-order chi connectivity index (χ0) is 34.4. The van der Waals surface area contributed by atoms with Crippen LogP contribution >= 0.6 is 11.6 Å². The van der Waals surface area contributed by atoms with Crippen LogP contribution in [-0.2, 0) is 31.7 Å². The number of sulfonamides is 1. The molecule has 1 unspecified atom stereocenters. The Morgan fingerprint density at radius 3 is 2.29 bits per heavy atom. The Labute approximate surface area is 286 Å². The van der Waals surface area contributed by atoms with Gasteiger partial charge in [-0.1, -0.05) is 23.7 Å². The first-order chi connectivity index (χ1) is 23.0. The van der Waals surface area contributed by atoms with Crippen molar-refractivity contribution in [2.24, 2.45) is 0 Å². The van der Waals surface area contributed by atoms with Gasteiger partial charge < -0.3 is 19.1 Å². The van der Waals surface area contributed by atoms with E-state index in [1.165, 1.54) is 50.5 Å². The maximum Gasteiger partial charge on any atom is 0.274 e. The van der Waals surface area contributed by atoms with E-state index in [9.17, 15) is 13.2 Å². The molecule has 3 aromatic carbocycles. The molecule has 6 rings (SSSR count). The third-order valence-corrected chi connectivity index (χ3v) is 11.6. The van der Waals surface area contributed by atoms with Crippen LogP contribution in [0, 0.1) is 0 Å². The first-order valence-electron chi connectivity index (χ1n) is 16.0. The van der Waals surface area contributed by atoms with Gasteiger partial charge >= 0.3 is 0 Å². The van der Waals surface area contributed by atoms with E-state index in [1.54, 1.807) is 26.2 Å². The number of carbonyl (C=O) groups is 2. The van der Waals surface area contributed by atoms with Gasteiger partial charge in [-0.15, -0.1) is 0 Å². The third kappa shape index (κ3) is 5.48. The van der Waals surface area contributed by atoms with Gasteiger partial charge in [-0.2, -0.15) is 0 Å². The van der Waals surface area contributed by atoms with Crippen LogP contribution in [0.5, 0.6) is 17.2 Å². The van der Waals surface area contributed by atoms with Gasteiger partial charge in [0.05, 0.1) is 33.1 Å². The van der Waals surface area contributed by atoms with Gasteiger partial charge in [-0.3, -0.25) is 19.4 Å². The summed E-state index contributed by atoms with van der Waals surface area (Å²) in [5.41, 5.74) is 0.131. The van der Waals surface area contributed by atoms with Crippen molar-refractivity contribution in [2.75, 3.05) is 59.4 Å². The van der Waals surface area contributed by atoms with Crippen molar-refractivity contribution in [3.05, 3.63) is 76.3 Å². The lowest BCUT2D eigenvalue weighted by atomic mass is 9.80. The quantitative estimate of drug-likeness (QED) is 0.303. The van der Waals surface area contributed by atoms with Gasteiger partial charge in [0, 0.05) is 49.4 Å². The lowest BCUT2D eigenvalue weighted by Gasteiger charge is -2.42. The molecule has 0 aromatic heterocycles. The summed E-state index contributed by atoms with van der Waals surface area (Å²) in [6.07, 6.45) is 3.38. The number of amides is 2. The molecule has 3 aliphatic heterocycles. The Morgan fingerprint density at radius 2 is 1.62 bits per heavy atom. The highest BCUT2D eigenvalue weighted by molar-refractivity contribution is 7.93. The molecule has 2 saturated heterocycles. The lowest BCUT2D eigenvalue weighted by molar-refractivity contribution is -0.138. The summed E-state index contributed by atoms with van der Waals surface area (Å²) in [5, 5.41) is 0.312. The molecule has 3 aromatic rings. The molecule has 13 heteroatoms. The third-order valence-electron chi connectivity index (χ3n) is 9.62. The number of anilines is 1. The van der Waals surface area contributed by atoms with E-state index in [4.69, 9.17) is 25.8 Å². The molecule has 2 fully saturated rings. The minimum atomic E-state index is -4.60. The number of methoxy groups -OCH3 is 3. The molecule has 2 amide bonds. The number of likely N-dealkylation sites (tertiary alicyclic amines) is 2. The summed E-state index contributed by atoms with van der Waals surface area (Å²) in [6.45, 7) is 3.06. The zero-order valence-corrected chi connectivity index (χ0v) is 29.4. The normalized spacial score (nSPS) is 21.4. The minimum absolute atomic E-state index is 0.0147. The summed E-state index contributed by atoms with van der Waals surface area (Å²) < 4.78 is 47.1. The van der Waals surface area contributed by atoms with Gasteiger partial charge in [0.1, 0.15) is 22.1 Å². The van der Waals surface area contributed by atoms with E-state index in [1.807, 2.05) is 23.1 Å². The van der Waals surface area contributed by atoms with Crippen LogP contribution in [0.25, 0.3) is 0 Å². The number of carbonyl (C=O) groups excluding carboxylic acids is 2. The van der Waals surface area contributed by atoms with Crippen molar-refractivity contribution in [3.8, 4) is 17.2 Å². The van der Waals surface area contributed by atoms with Crippen LogP contribution in [0.4, 0.5) is 5.69 Å². The number of halogens is 1. The van der Waals surface area contributed by atoms with Crippen LogP contribution in [0.1, 0.15) is 42.4 Å². The summed E-state index contributed by atoms with van der Waals surface area (Å²) in [5.74, 6) is -0.135. The van der Waals surface area contributed by atoms with Crippen molar-refractivity contribution in [1.29, 1.82) is 0 Å². The highest BCUT2D eigenvalue weighted by Crippen LogP contribution is 2.55. The molecule has 0 aliphatic carbocycles. The highest BCUT2D eigenvalue weighted by Gasteiger charge is 2.63. The second-order valence-corrected chi connectivity index (χ2v) is 14.8. The van der Waals surface area contributed by atoms with E-state index in [0.717, 1.165) is 35.8 Å². The van der Waals surface area contributed by atoms with E-state index in [-0.39, 0.29) is 22.2 Å². The second kappa shape index (κ2) is 13.2. The molecule has 11 nitrogen and oxygen atoms in total. The molecular weight excluding hydrogens is 656 g/mol. The molecule has 0 saturated carbocycles. The predicted octanol–water partition coefficient (Wildman–Crippen LogP) is 4.49. The van der Waals surface area contributed by atoms with Gasteiger partial charge in [0.25, 0.3) is 15.9 Å². The summed E-state index contributed by atoms with van der Waals surface area (Å²) in [6, 6.07) is 14.0. The van der Waals surface area contributed by atoms with Gasteiger partial charge in [-0.25, -0.2) is 12.7 Å². The van der Waals surface area contributed by atoms with E-state index in [2.05, 4.69) is 4.90 Å². The van der Waals surface area contributed by atoms with Crippen molar-refractivity contribution in [1.82, 2.24) is 14.7 Å². The van der Waals surface area contributed by atoms with Gasteiger partial charge in [0.15, 0.2) is 5.54 Å². The molecule has 0 bridgehead atoms. The number of likely N-dealkylation sites (N-methyl/N-ethyl adjacent to an activating group) is 1. The SMILES string of the molecule is COc1ccc(S(=O)(=O)N2C(=O)C(c3ccc(CN4CCCC4)cc3OC)(N3CCC[C@H]3C(=O)N(C)C)c3cc(Cl)ccc32)c(OC)c1. The molecule has 3 aliphatic rings. The monoisotopic (exact) mass is 696 g/mol. The number of hydrogen-bond donors (Lipinski definition) is 0. The molecule has 2 atom stereocenters. The number of ether oxygens (including phenoxy) is 3. The Bertz CT molecular complexity index is 1850. The Hall–Kier alpha value is -3.84. The smallest absolute Gasteiger partial charge is 0.274 e. The van der Waals surface area contributed by atoms with Crippen molar-refractivity contribution < 1.29 is 32.2 Å². The van der Waals surface area contributed by atoms with E-state index in [0.29, 0.717) is 53.6 Å². The van der Waals surface area contributed by atoms with Crippen LogP contribution in [0.3, 0.4) is 0 Å².